The molecule has 3 aromatic heterocycles. The van der Waals surface area contributed by atoms with Crippen LogP contribution in [-0.4, -0.2) is 56.6 Å². The molecule has 4 heterocycles. The summed E-state index contributed by atoms with van der Waals surface area (Å²) in [5, 5.41) is 8.60. The molecule has 39 heavy (non-hydrogen) atoms. The molecule has 1 aliphatic heterocycles. The molecule has 2 aliphatic rings. The Hall–Kier alpha value is -3.18. The molecule has 11 heteroatoms. The van der Waals surface area contributed by atoms with Gasteiger partial charge in [-0.3, -0.25) is 9.78 Å². The van der Waals surface area contributed by atoms with Gasteiger partial charge in [-0.2, -0.15) is 5.10 Å². The standard InChI is InChI=1S/C28H29BrN6O3S/c29-26-24-17-31-25(15-18-3-4-20(14-18)28(36)32-22-9-12-39(37,38)13-10-22)33-27(24)35(34-26)23-7-5-19(6-8-23)21-2-1-11-30-16-21/h1-2,5-8,11,16-18,20,22H,3-4,9-10,12-15H2,(H,32,36)/t18-,20-/m1/s1. The zero-order valence-electron chi connectivity index (χ0n) is 21.3. The highest BCUT2D eigenvalue weighted by atomic mass is 79.9. The van der Waals surface area contributed by atoms with Crippen LogP contribution in [0.4, 0.5) is 0 Å². The summed E-state index contributed by atoms with van der Waals surface area (Å²) >= 11 is 3.55. The summed E-state index contributed by atoms with van der Waals surface area (Å²) in [4.78, 5) is 26.6. The van der Waals surface area contributed by atoms with Crippen LogP contribution in [-0.2, 0) is 21.1 Å². The third kappa shape index (κ3) is 5.74. The average Bonchev–Trinajstić information content (AvgIpc) is 3.55. The van der Waals surface area contributed by atoms with Crippen molar-refractivity contribution in [1.29, 1.82) is 0 Å². The Kier molecular flexibility index (Phi) is 7.20. The molecule has 1 N–H and O–H groups in total. The van der Waals surface area contributed by atoms with E-state index >= 15 is 0 Å². The first kappa shape index (κ1) is 26.1. The predicted octanol–water partition coefficient (Wildman–Crippen LogP) is 4.29. The number of hydrogen-bond donors (Lipinski definition) is 1. The van der Waals surface area contributed by atoms with E-state index in [9.17, 15) is 13.2 Å². The maximum Gasteiger partial charge on any atom is 0.223 e. The van der Waals surface area contributed by atoms with Crippen LogP contribution in [0.2, 0.25) is 0 Å². The van der Waals surface area contributed by atoms with E-state index < -0.39 is 9.84 Å². The van der Waals surface area contributed by atoms with Crippen LogP contribution >= 0.6 is 15.9 Å². The van der Waals surface area contributed by atoms with Crippen molar-refractivity contribution in [3.63, 3.8) is 0 Å². The second-order valence-corrected chi connectivity index (χ2v) is 13.6. The number of rotatable bonds is 6. The number of pyridine rings is 1. The van der Waals surface area contributed by atoms with E-state index in [1.165, 1.54) is 0 Å². The molecule has 2 atom stereocenters. The second kappa shape index (κ2) is 10.8. The molecule has 6 rings (SSSR count). The fourth-order valence-electron chi connectivity index (χ4n) is 5.62. The van der Waals surface area contributed by atoms with Gasteiger partial charge in [0, 0.05) is 37.0 Å². The van der Waals surface area contributed by atoms with Crippen molar-refractivity contribution in [2.75, 3.05) is 11.5 Å². The van der Waals surface area contributed by atoms with Crippen molar-refractivity contribution >= 4 is 42.7 Å². The molecule has 0 bridgehead atoms. The third-order valence-corrected chi connectivity index (χ3v) is 10.1. The van der Waals surface area contributed by atoms with E-state index in [0.717, 1.165) is 52.9 Å². The Labute approximate surface area is 235 Å². The topological polar surface area (TPSA) is 120 Å². The first-order valence-electron chi connectivity index (χ1n) is 13.3. The summed E-state index contributed by atoms with van der Waals surface area (Å²) in [7, 11) is -2.94. The molecular weight excluding hydrogens is 580 g/mol. The first-order valence-corrected chi connectivity index (χ1v) is 15.9. The zero-order valence-corrected chi connectivity index (χ0v) is 23.7. The highest BCUT2D eigenvalue weighted by Crippen LogP contribution is 2.34. The highest BCUT2D eigenvalue weighted by molar-refractivity contribution is 9.10. The Morgan fingerprint density at radius 1 is 1.03 bits per heavy atom. The number of nitrogens with one attached hydrogen (secondary N) is 1. The Morgan fingerprint density at radius 2 is 1.82 bits per heavy atom. The van der Waals surface area contributed by atoms with E-state index in [2.05, 4.69) is 36.3 Å². The number of benzene rings is 1. The largest absolute Gasteiger partial charge is 0.353 e. The monoisotopic (exact) mass is 608 g/mol. The number of aromatic nitrogens is 5. The quantitative estimate of drug-likeness (QED) is 0.346. The van der Waals surface area contributed by atoms with Gasteiger partial charge >= 0.3 is 0 Å². The molecule has 2 fully saturated rings. The highest BCUT2D eigenvalue weighted by Gasteiger charge is 2.33. The molecule has 9 nitrogen and oxygen atoms in total. The average molecular weight is 610 g/mol. The van der Waals surface area contributed by atoms with Crippen LogP contribution in [0, 0.1) is 11.8 Å². The fourth-order valence-corrected chi connectivity index (χ4v) is 7.55. The number of carbonyl (C=O) groups excluding carboxylic acids is 1. The van der Waals surface area contributed by atoms with Crippen LogP contribution < -0.4 is 5.32 Å². The van der Waals surface area contributed by atoms with E-state index in [1.54, 1.807) is 6.20 Å². The predicted molar refractivity (Wildman–Crippen MR) is 152 cm³/mol. The van der Waals surface area contributed by atoms with Crippen molar-refractivity contribution in [1.82, 2.24) is 30.0 Å². The number of nitrogens with zero attached hydrogens (tertiary/aromatic N) is 5. The minimum Gasteiger partial charge on any atom is -0.353 e. The molecule has 1 amide bonds. The Morgan fingerprint density at radius 3 is 2.56 bits per heavy atom. The van der Waals surface area contributed by atoms with Gasteiger partial charge in [0.1, 0.15) is 20.3 Å². The van der Waals surface area contributed by atoms with E-state index in [1.807, 2.05) is 53.5 Å². The van der Waals surface area contributed by atoms with Gasteiger partial charge in [0.2, 0.25) is 5.91 Å². The van der Waals surface area contributed by atoms with Crippen LogP contribution in [0.25, 0.3) is 27.8 Å². The molecule has 1 aliphatic carbocycles. The zero-order chi connectivity index (χ0) is 27.0. The summed E-state index contributed by atoms with van der Waals surface area (Å²) < 4.78 is 25.9. The van der Waals surface area contributed by atoms with Crippen LogP contribution in [0.15, 0.2) is 59.6 Å². The van der Waals surface area contributed by atoms with Gasteiger partial charge in [-0.1, -0.05) is 18.2 Å². The maximum atomic E-state index is 12.9. The van der Waals surface area contributed by atoms with Crippen molar-refractivity contribution in [2.45, 2.75) is 44.6 Å². The molecule has 1 saturated carbocycles. The summed E-state index contributed by atoms with van der Waals surface area (Å²) in [6, 6.07) is 12.0. The molecule has 0 spiro atoms. The summed E-state index contributed by atoms with van der Waals surface area (Å²) in [6.45, 7) is 0. The second-order valence-electron chi connectivity index (χ2n) is 10.5. The summed E-state index contributed by atoms with van der Waals surface area (Å²) in [5.41, 5.74) is 3.76. The Bertz CT molecular complexity index is 1590. The molecule has 202 valence electrons. The van der Waals surface area contributed by atoms with Crippen LogP contribution in [0.1, 0.15) is 37.9 Å². The smallest absolute Gasteiger partial charge is 0.223 e. The van der Waals surface area contributed by atoms with E-state index in [-0.39, 0.29) is 29.4 Å². The third-order valence-electron chi connectivity index (χ3n) is 7.82. The number of fused-ring (bicyclic) bond motifs is 1. The number of halogens is 1. The van der Waals surface area contributed by atoms with Crippen molar-refractivity contribution in [3.8, 4) is 16.8 Å². The SMILES string of the molecule is O=C(NC1CCS(=O)(=O)CC1)[C@@H]1CC[C@@H](Cc2ncc3c(Br)nn(-c4ccc(-c5cccnc5)cc4)c3n2)C1. The lowest BCUT2D eigenvalue weighted by Crippen LogP contribution is -2.43. The molecule has 0 unspecified atom stereocenters. The molecule has 1 aromatic carbocycles. The molecule has 0 radical (unpaired) electrons. The Balaban J connectivity index is 1.13. The van der Waals surface area contributed by atoms with Crippen LogP contribution in [0.3, 0.4) is 0 Å². The summed E-state index contributed by atoms with van der Waals surface area (Å²) in [6.07, 6.45) is 9.69. The van der Waals surface area contributed by atoms with Crippen molar-refractivity contribution in [2.24, 2.45) is 11.8 Å². The first-order chi connectivity index (χ1) is 18.8. The summed E-state index contributed by atoms with van der Waals surface area (Å²) in [5.74, 6) is 1.39. The van der Waals surface area contributed by atoms with Crippen molar-refractivity contribution < 1.29 is 13.2 Å². The van der Waals surface area contributed by atoms with Gasteiger partial charge in [0.25, 0.3) is 0 Å². The fraction of sp³-hybridized carbons (Fsp3) is 0.393. The van der Waals surface area contributed by atoms with E-state index in [4.69, 9.17) is 4.98 Å². The van der Waals surface area contributed by atoms with Gasteiger partial charge in [0.05, 0.1) is 22.6 Å². The lowest BCUT2D eigenvalue weighted by Gasteiger charge is -2.24. The lowest BCUT2D eigenvalue weighted by molar-refractivity contribution is -0.125. The number of carbonyl (C=O) groups is 1. The van der Waals surface area contributed by atoms with Gasteiger partial charge < -0.3 is 5.32 Å². The number of sulfone groups is 1. The van der Waals surface area contributed by atoms with Crippen molar-refractivity contribution in [3.05, 3.63) is 65.4 Å². The van der Waals surface area contributed by atoms with Gasteiger partial charge in [0.15, 0.2) is 5.65 Å². The minimum absolute atomic E-state index is 0.0389. The normalized spacial score (nSPS) is 21.3. The van der Waals surface area contributed by atoms with Crippen LogP contribution in [0.5, 0.6) is 0 Å². The molecule has 1 saturated heterocycles. The van der Waals surface area contributed by atoms with Gasteiger partial charge in [-0.15, -0.1) is 0 Å². The molecular formula is C28H29BrN6O3S. The van der Waals surface area contributed by atoms with Gasteiger partial charge in [-0.25, -0.2) is 23.1 Å². The maximum absolute atomic E-state index is 12.9. The van der Waals surface area contributed by atoms with E-state index in [0.29, 0.717) is 29.8 Å². The number of amides is 1. The molecule has 4 aromatic rings. The minimum atomic E-state index is -2.94. The number of hydrogen-bond acceptors (Lipinski definition) is 7. The van der Waals surface area contributed by atoms with Gasteiger partial charge in [-0.05, 0) is 83.3 Å². The lowest BCUT2D eigenvalue weighted by atomic mass is 10.00.